The number of nitrogens with zero attached hydrogens (tertiary/aromatic N) is 1. The molecule has 1 heterocycles. The molecular formula is C8H8BrN3. The highest BCUT2D eigenvalue weighted by atomic mass is 79.9. The number of para-hydroxylation sites is 1. The number of H-pyrrole nitrogens is 1. The van der Waals surface area contributed by atoms with Crippen LogP contribution in [0.4, 0.5) is 0 Å². The van der Waals surface area contributed by atoms with Gasteiger partial charge in [0.2, 0.25) is 0 Å². The number of nitrogens with one attached hydrogen (secondary N) is 1. The van der Waals surface area contributed by atoms with Crippen LogP contribution < -0.4 is 5.73 Å². The molecule has 12 heavy (non-hydrogen) atoms. The molecule has 0 spiro atoms. The van der Waals surface area contributed by atoms with Crippen molar-refractivity contribution >= 4 is 27.0 Å². The average molecular weight is 226 g/mol. The van der Waals surface area contributed by atoms with E-state index in [1.54, 1.807) is 0 Å². The van der Waals surface area contributed by atoms with E-state index in [4.69, 9.17) is 5.73 Å². The van der Waals surface area contributed by atoms with E-state index in [2.05, 4.69) is 25.9 Å². The minimum atomic E-state index is 0.446. The summed E-state index contributed by atoms with van der Waals surface area (Å²) in [6, 6.07) is 5.90. The van der Waals surface area contributed by atoms with Crippen molar-refractivity contribution in [3.8, 4) is 0 Å². The molecule has 62 valence electrons. The molecule has 0 unspecified atom stereocenters. The van der Waals surface area contributed by atoms with E-state index >= 15 is 0 Å². The molecule has 0 saturated heterocycles. The lowest BCUT2D eigenvalue weighted by atomic mass is 10.3. The van der Waals surface area contributed by atoms with Crippen LogP contribution in [-0.4, -0.2) is 9.97 Å². The van der Waals surface area contributed by atoms with Crippen molar-refractivity contribution < 1.29 is 0 Å². The summed E-state index contributed by atoms with van der Waals surface area (Å²) >= 11 is 3.42. The fourth-order valence-corrected chi connectivity index (χ4v) is 1.60. The maximum absolute atomic E-state index is 5.45. The molecule has 0 bridgehead atoms. The Morgan fingerprint density at radius 1 is 1.50 bits per heavy atom. The van der Waals surface area contributed by atoms with Crippen molar-refractivity contribution in [2.45, 2.75) is 6.54 Å². The molecule has 0 aliphatic rings. The van der Waals surface area contributed by atoms with Crippen LogP contribution in [0.5, 0.6) is 0 Å². The molecule has 2 aromatic rings. The van der Waals surface area contributed by atoms with E-state index < -0.39 is 0 Å². The van der Waals surface area contributed by atoms with E-state index in [1.165, 1.54) is 0 Å². The van der Waals surface area contributed by atoms with Gasteiger partial charge in [-0.1, -0.05) is 6.07 Å². The second-order valence-corrected chi connectivity index (χ2v) is 3.38. The molecule has 4 heteroatoms. The Morgan fingerprint density at radius 2 is 2.33 bits per heavy atom. The first kappa shape index (κ1) is 7.76. The van der Waals surface area contributed by atoms with Crippen LogP contribution in [0.2, 0.25) is 0 Å². The molecule has 1 aromatic heterocycles. The van der Waals surface area contributed by atoms with Gasteiger partial charge in [0.1, 0.15) is 11.3 Å². The molecular weight excluding hydrogens is 218 g/mol. The summed E-state index contributed by atoms with van der Waals surface area (Å²) in [6.07, 6.45) is 0. The molecule has 1 aromatic carbocycles. The van der Waals surface area contributed by atoms with E-state index in [0.717, 1.165) is 21.3 Å². The number of hydrogen-bond donors (Lipinski definition) is 2. The van der Waals surface area contributed by atoms with Crippen LogP contribution >= 0.6 is 15.9 Å². The Kier molecular flexibility index (Phi) is 1.86. The van der Waals surface area contributed by atoms with Gasteiger partial charge in [-0.3, -0.25) is 0 Å². The first-order valence-electron chi connectivity index (χ1n) is 3.64. The first-order chi connectivity index (χ1) is 5.81. The normalized spacial score (nSPS) is 10.8. The second-order valence-electron chi connectivity index (χ2n) is 2.52. The van der Waals surface area contributed by atoms with Gasteiger partial charge in [0.15, 0.2) is 0 Å². The lowest BCUT2D eigenvalue weighted by molar-refractivity contribution is 0.958. The maximum atomic E-state index is 5.45. The predicted molar refractivity (Wildman–Crippen MR) is 51.7 cm³/mol. The fourth-order valence-electron chi connectivity index (χ4n) is 1.14. The number of nitrogens with two attached hydrogens (primary N) is 1. The summed E-state index contributed by atoms with van der Waals surface area (Å²) < 4.78 is 0.996. The number of halogens is 1. The Morgan fingerprint density at radius 3 is 3.00 bits per heavy atom. The van der Waals surface area contributed by atoms with Crippen molar-refractivity contribution in [1.82, 2.24) is 9.97 Å². The van der Waals surface area contributed by atoms with E-state index in [0.29, 0.717) is 6.54 Å². The van der Waals surface area contributed by atoms with Crippen LogP contribution in [0.15, 0.2) is 22.7 Å². The van der Waals surface area contributed by atoms with E-state index in [1.807, 2.05) is 18.2 Å². The molecule has 0 amide bonds. The largest absolute Gasteiger partial charge is 0.341 e. The van der Waals surface area contributed by atoms with Crippen LogP contribution in [0.25, 0.3) is 11.0 Å². The first-order valence-corrected chi connectivity index (χ1v) is 4.44. The van der Waals surface area contributed by atoms with Crippen molar-refractivity contribution in [3.05, 3.63) is 28.5 Å². The fraction of sp³-hybridized carbons (Fsp3) is 0.125. The Labute approximate surface area is 78.1 Å². The van der Waals surface area contributed by atoms with Crippen LogP contribution in [-0.2, 0) is 6.54 Å². The summed E-state index contributed by atoms with van der Waals surface area (Å²) in [4.78, 5) is 7.42. The van der Waals surface area contributed by atoms with E-state index in [-0.39, 0.29) is 0 Å². The smallest absolute Gasteiger partial charge is 0.121 e. The minimum absolute atomic E-state index is 0.446. The Hall–Kier alpha value is -0.870. The third-order valence-electron chi connectivity index (χ3n) is 1.71. The van der Waals surface area contributed by atoms with Crippen molar-refractivity contribution in [3.63, 3.8) is 0 Å². The van der Waals surface area contributed by atoms with Gasteiger partial charge in [-0.25, -0.2) is 4.98 Å². The molecule has 0 saturated carbocycles. The number of rotatable bonds is 1. The zero-order valence-electron chi connectivity index (χ0n) is 6.34. The number of imidazole rings is 1. The summed E-state index contributed by atoms with van der Waals surface area (Å²) in [5.74, 6) is 0.817. The number of benzene rings is 1. The van der Waals surface area contributed by atoms with Crippen LogP contribution in [0, 0.1) is 0 Å². The summed E-state index contributed by atoms with van der Waals surface area (Å²) in [5, 5.41) is 0. The highest BCUT2D eigenvalue weighted by Gasteiger charge is 2.02. The van der Waals surface area contributed by atoms with Gasteiger partial charge in [-0.15, -0.1) is 0 Å². The summed E-state index contributed by atoms with van der Waals surface area (Å²) in [6.45, 7) is 0.446. The SMILES string of the molecule is NCc1nc2c(Br)cccc2[nH]1. The molecule has 0 radical (unpaired) electrons. The highest BCUT2D eigenvalue weighted by molar-refractivity contribution is 9.10. The van der Waals surface area contributed by atoms with Gasteiger partial charge in [-0.05, 0) is 28.1 Å². The van der Waals surface area contributed by atoms with Crippen molar-refractivity contribution in [2.24, 2.45) is 5.73 Å². The molecule has 0 atom stereocenters. The van der Waals surface area contributed by atoms with Gasteiger partial charge in [0, 0.05) is 4.47 Å². The molecule has 0 aliphatic carbocycles. The molecule has 3 N–H and O–H groups in total. The topological polar surface area (TPSA) is 54.7 Å². The molecule has 3 nitrogen and oxygen atoms in total. The average Bonchev–Trinajstić information content (AvgIpc) is 2.49. The Balaban J connectivity index is 2.74. The molecule has 0 aliphatic heterocycles. The zero-order chi connectivity index (χ0) is 8.55. The standard InChI is InChI=1S/C8H8BrN3/c9-5-2-1-3-6-8(5)12-7(4-10)11-6/h1-3H,4,10H2,(H,11,12). The maximum Gasteiger partial charge on any atom is 0.121 e. The van der Waals surface area contributed by atoms with Crippen LogP contribution in [0.3, 0.4) is 0 Å². The third-order valence-corrected chi connectivity index (χ3v) is 2.35. The highest BCUT2D eigenvalue weighted by Crippen LogP contribution is 2.20. The second kappa shape index (κ2) is 2.88. The lowest BCUT2D eigenvalue weighted by Gasteiger charge is -1.88. The van der Waals surface area contributed by atoms with Gasteiger partial charge >= 0.3 is 0 Å². The monoisotopic (exact) mass is 225 g/mol. The lowest BCUT2D eigenvalue weighted by Crippen LogP contribution is -1.97. The molecule has 0 fully saturated rings. The minimum Gasteiger partial charge on any atom is -0.341 e. The zero-order valence-corrected chi connectivity index (χ0v) is 7.93. The molecule has 2 rings (SSSR count). The van der Waals surface area contributed by atoms with Crippen molar-refractivity contribution in [2.75, 3.05) is 0 Å². The van der Waals surface area contributed by atoms with Gasteiger partial charge in [0.05, 0.1) is 12.1 Å². The number of aromatic amines is 1. The number of fused-ring (bicyclic) bond motifs is 1. The quantitative estimate of drug-likeness (QED) is 0.778. The Bertz CT molecular complexity index is 408. The van der Waals surface area contributed by atoms with Gasteiger partial charge in [-0.2, -0.15) is 0 Å². The summed E-state index contributed by atoms with van der Waals surface area (Å²) in [5.41, 5.74) is 7.42. The van der Waals surface area contributed by atoms with Gasteiger partial charge in [0.25, 0.3) is 0 Å². The summed E-state index contributed by atoms with van der Waals surface area (Å²) in [7, 11) is 0. The predicted octanol–water partition coefficient (Wildman–Crippen LogP) is 1.78. The van der Waals surface area contributed by atoms with Crippen molar-refractivity contribution in [1.29, 1.82) is 0 Å². The number of hydrogen-bond acceptors (Lipinski definition) is 2. The number of aromatic nitrogens is 2. The van der Waals surface area contributed by atoms with Gasteiger partial charge < -0.3 is 10.7 Å². The van der Waals surface area contributed by atoms with E-state index in [9.17, 15) is 0 Å². The third kappa shape index (κ3) is 1.13. The van der Waals surface area contributed by atoms with Crippen LogP contribution in [0.1, 0.15) is 5.82 Å².